The molecule has 2 aromatic rings. The van der Waals surface area contributed by atoms with Crippen LogP contribution in [0.3, 0.4) is 0 Å². The van der Waals surface area contributed by atoms with Crippen LogP contribution in [0.25, 0.3) is 0 Å². The molecule has 0 unspecified atom stereocenters. The lowest BCUT2D eigenvalue weighted by Crippen LogP contribution is -2.06. The normalized spacial score (nSPS) is 10.4. The van der Waals surface area contributed by atoms with Crippen molar-refractivity contribution in [2.24, 2.45) is 0 Å². The van der Waals surface area contributed by atoms with Crippen molar-refractivity contribution in [3.05, 3.63) is 50.9 Å². The average molecular weight is 298 g/mol. The molecule has 100 valence electrons. The number of hydrogen-bond acceptors (Lipinski definition) is 5. The van der Waals surface area contributed by atoms with Crippen LogP contribution in [-0.2, 0) is 22.7 Å². The lowest BCUT2D eigenvalue weighted by Gasteiger charge is -2.03. The Morgan fingerprint density at radius 3 is 3.00 bits per heavy atom. The number of aromatic nitrogens is 1. The molecule has 0 spiro atoms. The summed E-state index contributed by atoms with van der Waals surface area (Å²) in [6.07, 6.45) is 0. The van der Waals surface area contributed by atoms with Gasteiger partial charge in [0.05, 0.1) is 6.61 Å². The van der Waals surface area contributed by atoms with Crippen LogP contribution in [0.4, 0.5) is 0 Å². The number of nitrogens with zero attached hydrogens (tertiary/aromatic N) is 1. The van der Waals surface area contributed by atoms with Gasteiger partial charge in [0.25, 0.3) is 0 Å². The van der Waals surface area contributed by atoms with Crippen LogP contribution in [0, 0.1) is 0 Å². The Kier molecular flexibility index (Phi) is 4.90. The van der Waals surface area contributed by atoms with E-state index < -0.39 is 5.97 Å². The molecule has 19 heavy (non-hydrogen) atoms. The average Bonchev–Trinajstić information content (AvgIpc) is 2.85. The van der Waals surface area contributed by atoms with E-state index in [-0.39, 0.29) is 6.61 Å². The van der Waals surface area contributed by atoms with Gasteiger partial charge in [-0.2, -0.15) is 0 Å². The Bertz CT molecular complexity index is 571. The standard InChI is InChI=1S/C13H12ClNO3S/c1-17-7-12-15-11(8-19-12)13(16)18-6-9-3-2-4-10(14)5-9/h2-5,8H,6-7H2,1H3. The van der Waals surface area contributed by atoms with Gasteiger partial charge in [0.1, 0.15) is 11.6 Å². The summed E-state index contributed by atoms with van der Waals surface area (Å²) < 4.78 is 10.1. The SMILES string of the molecule is COCc1nc(C(=O)OCc2cccc(Cl)c2)cs1. The molecule has 0 radical (unpaired) electrons. The van der Waals surface area contributed by atoms with Crippen molar-refractivity contribution in [2.75, 3.05) is 7.11 Å². The second-order valence-corrected chi connectivity index (χ2v) is 5.14. The number of carbonyl (C=O) groups excluding carboxylic acids is 1. The third-order valence-electron chi connectivity index (χ3n) is 2.29. The van der Waals surface area contributed by atoms with Crippen molar-refractivity contribution in [3.63, 3.8) is 0 Å². The Morgan fingerprint density at radius 1 is 1.42 bits per heavy atom. The third-order valence-corrected chi connectivity index (χ3v) is 3.35. The van der Waals surface area contributed by atoms with Gasteiger partial charge in [0.15, 0.2) is 5.69 Å². The van der Waals surface area contributed by atoms with E-state index in [1.54, 1.807) is 24.6 Å². The zero-order chi connectivity index (χ0) is 13.7. The van der Waals surface area contributed by atoms with Crippen molar-refractivity contribution in [1.82, 2.24) is 4.98 Å². The number of carbonyl (C=O) groups is 1. The number of methoxy groups -OCH3 is 1. The highest BCUT2D eigenvalue weighted by atomic mass is 35.5. The van der Waals surface area contributed by atoms with Gasteiger partial charge in [0, 0.05) is 17.5 Å². The highest BCUT2D eigenvalue weighted by Gasteiger charge is 2.12. The summed E-state index contributed by atoms with van der Waals surface area (Å²) in [6.45, 7) is 0.572. The largest absolute Gasteiger partial charge is 0.456 e. The van der Waals surface area contributed by atoms with E-state index in [1.165, 1.54) is 11.3 Å². The summed E-state index contributed by atoms with van der Waals surface area (Å²) in [7, 11) is 1.58. The molecule has 0 N–H and O–H groups in total. The summed E-state index contributed by atoms with van der Waals surface area (Å²) in [5.74, 6) is -0.446. The van der Waals surface area contributed by atoms with E-state index >= 15 is 0 Å². The fourth-order valence-electron chi connectivity index (χ4n) is 1.44. The molecule has 0 atom stereocenters. The van der Waals surface area contributed by atoms with Gasteiger partial charge < -0.3 is 9.47 Å². The molecule has 0 aliphatic heterocycles. The van der Waals surface area contributed by atoms with Crippen LogP contribution in [-0.4, -0.2) is 18.1 Å². The first kappa shape index (κ1) is 14.0. The minimum absolute atomic E-state index is 0.177. The third kappa shape index (κ3) is 4.02. The number of benzene rings is 1. The number of rotatable bonds is 5. The quantitative estimate of drug-likeness (QED) is 0.795. The molecule has 1 heterocycles. The van der Waals surface area contributed by atoms with Crippen LogP contribution in [0.15, 0.2) is 29.6 Å². The van der Waals surface area contributed by atoms with E-state index in [1.807, 2.05) is 12.1 Å². The summed E-state index contributed by atoms with van der Waals surface area (Å²) in [5, 5.41) is 3.02. The van der Waals surface area contributed by atoms with Gasteiger partial charge in [-0.05, 0) is 17.7 Å². The summed E-state index contributed by atoms with van der Waals surface area (Å²) in [4.78, 5) is 15.9. The van der Waals surface area contributed by atoms with Gasteiger partial charge in [0.2, 0.25) is 0 Å². The molecule has 1 aromatic carbocycles. The maximum absolute atomic E-state index is 11.8. The number of esters is 1. The Balaban J connectivity index is 1.93. The number of thiazole rings is 1. The lowest BCUT2D eigenvalue weighted by atomic mass is 10.2. The first-order chi connectivity index (χ1) is 9.19. The van der Waals surface area contributed by atoms with Crippen molar-refractivity contribution in [3.8, 4) is 0 Å². The number of hydrogen-bond donors (Lipinski definition) is 0. The topological polar surface area (TPSA) is 48.4 Å². The molecular weight excluding hydrogens is 286 g/mol. The van der Waals surface area contributed by atoms with Crippen molar-refractivity contribution >= 4 is 28.9 Å². The molecule has 0 fully saturated rings. The van der Waals surface area contributed by atoms with E-state index in [4.69, 9.17) is 21.1 Å². The highest BCUT2D eigenvalue weighted by molar-refractivity contribution is 7.09. The molecule has 0 amide bonds. The molecular formula is C13H12ClNO3S. The number of ether oxygens (including phenoxy) is 2. The van der Waals surface area contributed by atoms with E-state index in [0.717, 1.165) is 10.6 Å². The van der Waals surface area contributed by atoms with Gasteiger partial charge in [-0.15, -0.1) is 11.3 Å². The van der Waals surface area contributed by atoms with Gasteiger partial charge >= 0.3 is 5.97 Å². The van der Waals surface area contributed by atoms with Crippen molar-refractivity contribution in [1.29, 1.82) is 0 Å². The van der Waals surface area contributed by atoms with Gasteiger partial charge in [-0.25, -0.2) is 9.78 Å². The highest BCUT2D eigenvalue weighted by Crippen LogP contribution is 2.14. The molecule has 1 aromatic heterocycles. The smallest absolute Gasteiger partial charge is 0.358 e. The fourth-order valence-corrected chi connectivity index (χ4v) is 2.39. The lowest BCUT2D eigenvalue weighted by molar-refractivity contribution is 0.0466. The monoisotopic (exact) mass is 297 g/mol. The molecule has 2 rings (SSSR count). The fraction of sp³-hybridized carbons (Fsp3) is 0.231. The van der Waals surface area contributed by atoms with E-state index in [0.29, 0.717) is 17.3 Å². The van der Waals surface area contributed by atoms with Crippen molar-refractivity contribution in [2.45, 2.75) is 13.2 Å². The first-order valence-electron chi connectivity index (χ1n) is 5.54. The summed E-state index contributed by atoms with van der Waals surface area (Å²) >= 11 is 7.22. The second-order valence-electron chi connectivity index (χ2n) is 3.77. The molecule has 0 bridgehead atoms. The minimum Gasteiger partial charge on any atom is -0.456 e. The van der Waals surface area contributed by atoms with Crippen LogP contribution in [0.2, 0.25) is 5.02 Å². The van der Waals surface area contributed by atoms with Crippen molar-refractivity contribution < 1.29 is 14.3 Å². The Morgan fingerprint density at radius 2 is 2.26 bits per heavy atom. The van der Waals surface area contributed by atoms with Crippen LogP contribution in [0.1, 0.15) is 21.1 Å². The Labute approximate surface area is 120 Å². The molecule has 0 aliphatic carbocycles. The minimum atomic E-state index is -0.446. The van der Waals surface area contributed by atoms with Gasteiger partial charge in [-0.3, -0.25) is 0 Å². The molecule has 6 heteroatoms. The van der Waals surface area contributed by atoms with Gasteiger partial charge in [-0.1, -0.05) is 23.7 Å². The zero-order valence-electron chi connectivity index (χ0n) is 10.3. The van der Waals surface area contributed by atoms with Crippen LogP contribution >= 0.6 is 22.9 Å². The molecule has 0 aliphatic rings. The summed E-state index contributed by atoms with van der Waals surface area (Å²) in [5.41, 5.74) is 1.15. The zero-order valence-corrected chi connectivity index (χ0v) is 11.8. The predicted octanol–water partition coefficient (Wildman–Crippen LogP) is 3.30. The Hall–Kier alpha value is -1.43. The number of halogens is 1. The molecule has 0 saturated heterocycles. The van der Waals surface area contributed by atoms with E-state index in [9.17, 15) is 4.79 Å². The maximum atomic E-state index is 11.8. The first-order valence-corrected chi connectivity index (χ1v) is 6.79. The van der Waals surface area contributed by atoms with E-state index in [2.05, 4.69) is 4.98 Å². The maximum Gasteiger partial charge on any atom is 0.358 e. The second kappa shape index (κ2) is 6.65. The van der Waals surface area contributed by atoms with Crippen LogP contribution < -0.4 is 0 Å². The predicted molar refractivity (Wildman–Crippen MR) is 73.4 cm³/mol. The summed E-state index contributed by atoms with van der Waals surface area (Å²) in [6, 6.07) is 7.18. The molecule has 4 nitrogen and oxygen atoms in total. The van der Waals surface area contributed by atoms with Crippen LogP contribution in [0.5, 0.6) is 0 Å². The molecule has 0 saturated carbocycles.